The maximum atomic E-state index is 12.8. The quantitative estimate of drug-likeness (QED) is 0.337. The Bertz CT molecular complexity index is 1110. The van der Waals surface area contributed by atoms with Gasteiger partial charge in [-0.25, -0.2) is 0 Å². The number of benzene rings is 1. The van der Waals surface area contributed by atoms with Crippen LogP contribution in [0.2, 0.25) is 0 Å². The van der Waals surface area contributed by atoms with Gasteiger partial charge in [0, 0.05) is 17.8 Å². The molecule has 188 valence electrons. The van der Waals surface area contributed by atoms with Gasteiger partial charge in [0.05, 0.1) is 19.7 Å². The van der Waals surface area contributed by atoms with Crippen molar-refractivity contribution >= 4 is 40.9 Å². The molecule has 3 unspecified atom stereocenters. The van der Waals surface area contributed by atoms with Crippen LogP contribution < -0.4 is 26.0 Å². The predicted octanol–water partition coefficient (Wildman–Crippen LogP) is 0.522. The van der Waals surface area contributed by atoms with Crippen LogP contribution in [-0.4, -0.2) is 62.2 Å². The van der Waals surface area contributed by atoms with E-state index in [0.717, 1.165) is 0 Å². The molecule has 35 heavy (non-hydrogen) atoms. The predicted molar refractivity (Wildman–Crippen MR) is 126 cm³/mol. The number of carbonyl (C=O) groups is 5. The highest BCUT2D eigenvalue weighted by molar-refractivity contribution is 6.00. The molecule has 3 rings (SSSR count). The number of carbonyl (C=O) groups excluding carboxylic acids is 5. The molecule has 2 heterocycles. The Kier molecular flexibility index (Phi) is 8.45. The van der Waals surface area contributed by atoms with E-state index in [1.54, 1.807) is 38.1 Å². The number of furan rings is 1. The first-order valence-corrected chi connectivity index (χ1v) is 11.4. The molecule has 0 spiro atoms. The molecule has 1 saturated heterocycles. The summed E-state index contributed by atoms with van der Waals surface area (Å²) in [6.45, 7) is 3.66. The van der Waals surface area contributed by atoms with Crippen molar-refractivity contribution in [3.8, 4) is 5.75 Å². The van der Waals surface area contributed by atoms with Crippen LogP contribution in [0.15, 0.2) is 28.7 Å². The van der Waals surface area contributed by atoms with Gasteiger partial charge in [0.25, 0.3) is 5.91 Å². The van der Waals surface area contributed by atoms with Crippen LogP contribution in [0.3, 0.4) is 0 Å². The summed E-state index contributed by atoms with van der Waals surface area (Å²) in [5, 5.41) is 11.0. The molecule has 2 aromatic rings. The van der Waals surface area contributed by atoms with Gasteiger partial charge in [-0.1, -0.05) is 26.0 Å². The number of rotatable bonds is 11. The lowest BCUT2D eigenvalue weighted by Crippen LogP contribution is -2.52. The third-order valence-corrected chi connectivity index (χ3v) is 5.82. The fourth-order valence-corrected chi connectivity index (χ4v) is 3.92. The average Bonchev–Trinajstić information content (AvgIpc) is 3.46. The molecular formula is C24H30N4O7. The molecule has 4 N–H and O–H groups in total. The molecule has 3 atom stereocenters. The maximum Gasteiger partial charge on any atom is 0.287 e. The van der Waals surface area contributed by atoms with E-state index < -0.39 is 29.8 Å². The van der Waals surface area contributed by atoms with E-state index in [2.05, 4.69) is 21.3 Å². The molecule has 11 heteroatoms. The van der Waals surface area contributed by atoms with Crippen molar-refractivity contribution in [1.82, 2.24) is 21.3 Å². The van der Waals surface area contributed by atoms with Crippen molar-refractivity contribution in [2.24, 2.45) is 11.8 Å². The van der Waals surface area contributed by atoms with E-state index in [1.807, 2.05) is 0 Å². The Balaban J connectivity index is 1.56. The Labute approximate surface area is 202 Å². The van der Waals surface area contributed by atoms with Crippen molar-refractivity contribution in [2.45, 2.75) is 38.8 Å². The zero-order valence-corrected chi connectivity index (χ0v) is 19.9. The Morgan fingerprint density at radius 2 is 2.03 bits per heavy atom. The summed E-state index contributed by atoms with van der Waals surface area (Å²) in [4.78, 5) is 60.8. The fraction of sp³-hybridized carbons (Fsp3) is 0.458. The fourth-order valence-electron chi connectivity index (χ4n) is 3.92. The van der Waals surface area contributed by atoms with Gasteiger partial charge >= 0.3 is 0 Å². The lowest BCUT2D eigenvalue weighted by Gasteiger charge is -2.21. The third-order valence-electron chi connectivity index (χ3n) is 5.82. The lowest BCUT2D eigenvalue weighted by atomic mass is 9.99. The van der Waals surface area contributed by atoms with Gasteiger partial charge < -0.3 is 35.2 Å². The zero-order chi connectivity index (χ0) is 25.5. The number of para-hydroxylation sites is 1. The molecule has 4 amide bonds. The number of amides is 4. The molecule has 1 aromatic heterocycles. The standard InChI is InChI=1S/C24H30N4O7/c1-13(2)20(28-23(32)18-10-14-5-4-6-17(34-3)21(14)35-18)24(33)26-11-19(30)27-16(12-29)9-15-7-8-25-22(15)31/h4-6,10,12-13,15-16,20H,7-9,11H2,1-3H3,(H,25,31)(H,26,33)(H,27,30)(H,28,32). The average molecular weight is 487 g/mol. The normalized spacial score (nSPS) is 16.9. The molecule has 0 saturated carbocycles. The molecule has 1 aromatic carbocycles. The van der Waals surface area contributed by atoms with Gasteiger partial charge in [-0.05, 0) is 30.9 Å². The van der Waals surface area contributed by atoms with Crippen LogP contribution >= 0.6 is 0 Å². The molecule has 1 aliphatic rings. The molecule has 0 aliphatic carbocycles. The smallest absolute Gasteiger partial charge is 0.287 e. The molecule has 11 nitrogen and oxygen atoms in total. The zero-order valence-electron chi connectivity index (χ0n) is 19.9. The van der Waals surface area contributed by atoms with Crippen molar-refractivity contribution in [3.63, 3.8) is 0 Å². The Morgan fingerprint density at radius 3 is 2.66 bits per heavy atom. The van der Waals surface area contributed by atoms with Crippen LogP contribution in [-0.2, 0) is 19.2 Å². The highest BCUT2D eigenvalue weighted by Gasteiger charge is 2.29. The number of nitrogens with one attached hydrogen (secondary N) is 4. The number of ether oxygens (including phenoxy) is 1. The Morgan fingerprint density at radius 1 is 1.26 bits per heavy atom. The van der Waals surface area contributed by atoms with E-state index in [0.29, 0.717) is 36.0 Å². The van der Waals surface area contributed by atoms with Crippen molar-refractivity contribution in [2.75, 3.05) is 20.2 Å². The topological polar surface area (TPSA) is 156 Å². The minimum Gasteiger partial charge on any atom is -0.493 e. The van der Waals surface area contributed by atoms with E-state index in [4.69, 9.17) is 9.15 Å². The van der Waals surface area contributed by atoms with Gasteiger partial charge in [0.2, 0.25) is 17.7 Å². The monoisotopic (exact) mass is 486 g/mol. The minimum atomic E-state index is -0.936. The summed E-state index contributed by atoms with van der Waals surface area (Å²) in [7, 11) is 1.50. The number of aldehydes is 1. The van der Waals surface area contributed by atoms with Crippen LogP contribution in [0.4, 0.5) is 0 Å². The minimum absolute atomic E-state index is 0.0190. The van der Waals surface area contributed by atoms with Crippen molar-refractivity contribution < 1.29 is 33.1 Å². The molecule has 1 fully saturated rings. The number of fused-ring (bicyclic) bond motifs is 1. The summed E-state index contributed by atoms with van der Waals surface area (Å²) in [6.07, 6.45) is 1.37. The Hall–Kier alpha value is -3.89. The van der Waals surface area contributed by atoms with E-state index in [-0.39, 0.29) is 36.5 Å². The third kappa shape index (κ3) is 6.37. The second-order valence-electron chi connectivity index (χ2n) is 8.72. The maximum absolute atomic E-state index is 12.8. The largest absolute Gasteiger partial charge is 0.493 e. The first-order chi connectivity index (χ1) is 16.7. The van der Waals surface area contributed by atoms with Gasteiger partial charge in [0.15, 0.2) is 17.1 Å². The highest BCUT2D eigenvalue weighted by atomic mass is 16.5. The van der Waals surface area contributed by atoms with Crippen LogP contribution in [0.25, 0.3) is 11.0 Å². The SMILES string of the molecule is COc1cccc2cc(C(=O)NC(C(=O)NCC(=O)NC(C=O)CC3CCNC3=O)C(C)C)oc12. The molecule has 0 bridgehead atoms. The lowest BCUT2D eigenvalue weighted by molar-refractivity contribution is -0.128. The van der Waals surface area contributed by atoms with E-state index in [9.17, 15) is 24.0 Å². The first kappa shape index (κ1) is 25.7. The van der Waals surface area contributed by atoms with Gasteiger partial charge in [0.1, 0.15) is 12.3 Å². The number of methoxy groups -OCH3 is 1. The van der Waals surface area contributed by atoms with Crippen molar-refractivity contribution in [1.29, 1.82) is 0 Å². The van der Waals surface area contributed by atoms with Crippen molar-refractivity contribution in [3.05, 3.63) is 30.0 Å². The second-order valence-corrected chi connectivity index (χ2v) is 8.72. The van der Waals surface area contributed by atoms with E-state index >= 15 is 0 Å². The van der Waals surface area contributed by atoms with Gasteiger partial charge in [-0.3, -0.25) is 19.2 Å². The number of hydrogen-bond donors (Lipinski definition) is 4. The van der Waals surface area contributed by atoms with E-state index in [1.165, 1.54) is 7.11 Å². The summed E-state index contributed by atoms with van der Waals surface area (Å²) in [5.74, 6) is -1.99. The second kappa shape index (κ2) is 11.5. The molecule has 1 aliphatic heterocycles. The molecular weight excluding hydrogens is 456 g/mol. The molecule has 0 radical (unpaired) electrons. The van der Waals surface area contributed by atoms with Crippen LogP contribution in [0.5, 0.6) is 5.75 Å². The number of hydrogen-bond acceptors (Lipinski definition) is 7. The highest BCUT2D eigenvalue weighted by Crippen LogP contribution is 2.28. The van der Waals surface area contributed by atoms with Crippen LogP contribution in [0, 0.1) is 11.8 Å². The van der Waals surface area contributed by atoms with Crippen LogP contribution in [0.1, 0.15) is 37.2 Å². The summed E-state index contributed by atoms with van der Waals surface area (Å²) >= 11 is 0. The first-order valence-electron chi connectivity index (χ1n) is 11.4. The summed E-state index contributed by atoms with van der Waals surface area (Å²) < 4.78 is 10.9. The summed E-state index contributed by atoms with van der Waals surface area (Å²) in [5.41, 5.74) is 0.419. The summed E-state index contributed by atoms with van der Waals surface area (Å²) in [6, 6.07) is 5.04. The van der Waals surface area contributed by atoms with Gasteiger partial charge in [-0.2, -0.15) is 0 Å². The van der Waals surface area contributed by atoms with Gasteiger partial charge in [-0.15, -0.1) is 0 Å².